The molecule has 0 radical (unpaired) electrons. The Hall–Kier alpha value is -2.10. The second-order valence-electron chi connectivity index (χ2n) is 8.16. The summed E-state index contributed by atoms with van der Waals surface area (Å²) < 4.78 is 41.7. The first-order valence-electron chi connectivity index (χ1n) is 10.5. The van der Waals surface area contributed by atoms with E-state index in [1.54, 1.807) is 6.92 Å². The van der Waals surface area contributed by atoms with Gasteiger partial charge in [-0.15, -0.1) is 5.10 Å². The maximum atomic E-state index is 13.9. The molecule has 10 heteroatoms. The number of allylic oxidation sites excluding steroid dienone is 1. The van der Waals surface area contributed by atoms with Gasteiger partial charge in [0.1, 0.15) is 5.82 Å². The van der Waals surface area contributed by atoms with Gasteiger partial charge in [-0.25, -0.2) is 0 Å². The quantitative estimate of drug-likeness (QED) is 0.477. The average Bonchev–Trinajstić information content (AvgIpc) is 3.37. The average molecular weight is 455 g/mol. The van der Waals surface area contributed by atoms with Gasteiger partial charge in [0.2, 0.25) is 5.95 Å². The summed E-state index contributed by atoms with van der Waals surface area (Å²) in [4.78, 5) is 4.07. The van der Waals surface area contributed by atoms with Crippen molar-refractivity contribution in [3.05, 3.63) is 46.3 Å². The van der Waals surface area contributed by atoms with Crippen LogP contribution < -0.4 is 16.0 Å². The lowest BCUT2D eigenvalue weighted by Crippen LogP contribution is -2.39. The number of alkyl halides is 3. The zero-order valence-corrected chi connectivity index (χ0v) is 17.9. The van der Waals surface area contributed by atoms with Gasteiger partial charge in [-0.2, -0.15) is 18.2 Å². The van der Waals surface area contributed by atoms with Gasteiger partial charge >= 0.3 is 6.18 Å². The molecule has 0 saturated carbocycles. The largest absolute Gasteiger partial charge is 0.416 e. The van der Waals surface area contributed by atoms with E-state index in [0.29, 0.717) is 18.3 Å². The molecular weight excluding hydrogens is 429 g/mol. The number of nitrogens with one attached hydrogen (secondary N) is 4. The van der Waals surface area contributed by atoms with Crippen LogP contribution in [0.1, 0.15) is 48.6 Å². The topological polar surface area (TPSA) is 77.7 Å². The molecule has 1 aromatic heterocycles. The van der Waals surface area contributed by atoms with Gasteiger partial charge in [0.25, 0.3) is 0 Å². The minimum absolute atomic E-state index is 0.0841. The van der Waals surface area contributed by atoms with Gasteiger partial charge in [-0.05, 0) is 56.8 Å². The third kappa shape index (κ3) is 5.39. The van der Waals surface area contributed by atoms with Gasteiger partial charge in [-0.1, -0.05) is 23.8 Å². The fourth-order valence-corrected chi connectivity index (χ4v) is 4.64. The second kappa shape index (κ2) is 9.18. The number of aryl methyl sites for hydroxylation is 1. The SMILES string of the molecule is Cc1nc(Nc2cc(Cl)c(C3C=CC(NCC4CCCN4)CC3)c(C(F)(F)F)c2)n[nH]1. The Bertz CT molecular complexity index is 936. The van der Waals surface area contributed by atoms with Crippen LogP contribution in [0.15, 0.2) is 24.3 Å². The highest BCUT2D eigenvalue weighted by atomic mass is 35.5. The van der Waals surface area contributed by atoms with Gasteiger partial charge in [0, 0.05) is 35.3 Å². The molecule has 2 aliphatic rings. The molecule has 3 atom stereocenters. The Balaban J connectivity index is 1.52. The van der Waals surface area contributed by atoms with Gasteiger partial charge in [0.15, 0.2) is 0 Å². The van der Waals surface area contributed by atoms with Crippen molar-refractivity contribution in [1.29, 1.82) is 0 Å². The molecule has 4 N–H and O–H groups in total. The highest BCUT2D eigenvalue weighted by molar-refractivity contribution is 6.32. The number of hydrogen-bond acceptors (Lipinski definition) is 5. The van der Waals surface area contributed by atoms with Crippen molar-refractivity contribution in [3.63, 3.8) is 0 Å². The molecule has 1 aliphatic heterocycles. The number of halogens is 4. The molecule has 4 rings (SSSR count). The minimum Gasteiger partial charge on any atom is -0.323 e. The zero-order valence-electron chi connectivity index (χ0n) is 17.2. The molecule has 0 spiro atoms. The Labute approximate surface area is 184 Å². The highest BCUT2D eigenvalue weighted by Crippen LogP contribution is 2.43. The Morgan fingerprint density at radius 1 is 1.19 bits per heavy atom. The van der Waals surface area contributed by atoms with Crippen LogP contribution in [0.2, 0.25) is 5.02 Å². The summed E-state index contributed by atoms with van der Waals surface area (Å²) in [6.45, 7) is 3.63. The van der Waals surface area contributed by atoms with Crippen LogP contribution in [0.3, 0.4) is 0 Å². The minimum atomic E-state index is -4.53. The zero-order chi connectivity index (χ0) is 22.0. The summed E-state index contributed by atoms with van der Waals surface area (Å²) in [5.41, 5.74) is -0.410. The van der Waals surface area contributed by atoms with E-state index in [1.807, 2.05) is 12.2 Å². The van der Waals surface area contributed by atoms with Crippen molar-refractivity contribution < 1.29 is 13.2 Å². The summed E-state index contributed by atoms with van der Waals surface area (Å²) in [6, 6.07) is 3.23. The highest BCUT2D eigenvalue weighted by Gasteiger charge is 2.37. The van der Waals surface area contributed by atoms with E-state index in [4.69, 9.17) is 11.6 Å². The summed E-state index contributed by atoms with van der Waals surface area (Å²) in [5.74, 6) is 0.365. The summed E-state index contributed by atoms with van der Waals surface area (Å²) >= 11 is 6.38. The van der Waals surface area contributed by atoms with E-state index in [2.05, 4.69) is 31.1 Å². The van der Waals surface area contributed by atoms with Crippen LogP contribution >= 0.6 is 11.6 Å². The van der Waals surface area contributed by atoms with Gasteiger partial charge in [-0.3, -0.25) is 5.10 Å². The number of benzene rings is 1. The smallest absolute Gasteiger partial charge is 0.323 e. The molecule has 1 aromatic carbocycles. The standard InChI is InChI=1S/C21H26ClF3N6/c1-12-28-20(31-30-12)29-16-9-17(21(23,24)25)19(18(22)10-16)13-4-6-14(7-5-13)27-11-15-3-2-8-26-15/h4,6,9-10,13-15,26-27H,2-3,5,7-8,11H2,1H3,(H2,28,29,30,31). The van der Waals surface area contributed by atoms with Crippen LogP contribution in [0, 0.1) is 6.92 Å². The fraction of sp³-hybridized carbons (Fsp3) is 0.524. The van der Waals surface area contributed by atoms with Crippen molar-refractivity contribution in [1.82, 2.24) is 25.8 Å². The van der Waals surface area contributed by atoms with Crippen LogP contribution in [-0.4, -0.2) is 40.4 Å². The van der Waals surface area contributed by atoms with Crippen molar-refractivity contribution in [2.24, 2.45) is 0 Å². The molecule has 168 valence electrons. The number of H-pyrrole nitrogens is 1. The normalized spacial score (nSPS) is 24.0. The molecule has 0 amide bonds. The van der Waals surface area contributed by atoms with E-state index in [-0.39, 0.29) is 34.2 Å². The number of anilines is 2. The monoisotopic (exact) mass is 454 g/mol. The molecule has 1 aliphatic carbocycles. The van der Waals surface area contributed by atoms with E-state index in [0.717, 1.165) is 32.0 Å². The summed E-state index contributed by atoms with van der Waals surface area (Å²) in [5, 5.41) is 16.4. The first kappa shape index (κ1) is 22.1. The molecule has 2 heterocycles. The molecule has 3 unspecified atom stereocenters. The number of aromatic nitrogens is 3. The Morgan fingerprint density at radius 3 is 2.65 bits per heavy atom. The van der Waals surface area contributed by atoms with E-state index < -0.39 is 11.7 Å². The fourth-order valence-electron chi connectivity index (χ4n) is 4.28. The third-order valence-corrected chi connectivity index (χ3v) is 6.13. The van der Waals surface area contributed by atoms with Crippen molar-refractivity contribution >= 4 is 23.2 Å². The predicted octanol–water partition coefficient (Wildman–Crippen LogP) is 4.67. The lowest BCUT2D eigenvalue weighted by molar-refractivity contribution is -0.138. The maximum Gasteiger partial charge on any atom is 0.416 e. The van der Waals surface area contributed by atoms with Crippen LogP contribution in [-0.2, 0) is 6.18 Å². The maximum absolute atomic E-state index is 13.9. The first-order valence-corrected chi connectivity index (χ1v) is 10.9. The van der Waals surface area contributed by atoms with E-state index in [1.165, 1.54) is 12.5 Å². The number of hydrogen-bond donors (Lipinski definition) is 4. The van der Waals surface area contributed by atoms with Gasteiger partial charge < -0.3 is 16.0 Å². The Kier molecular flexibility index (Phi) is 6.55. The lowest BCUT2D eigenvalue weighted by Gasteiger charge is -2.28. The summed E-state index contributed by atoms with van der Waals surface area (Å²) in [6.07, 6.45) is 3.01. The third-order valence-electron chi connectivity index (χ3n) is 5.81. The van der Waals surface area contributed by atoms with E-state index >= 15 is 0 Å². The van der Waals surface area contributed by atoms with Gasteiger partial charge in [0.05, 0.1) is 5.56 Å². The predicted molar refractivity (Wildman–Crippen MR) is 115 cm³/mol. The Morgan fingerprint density at radius 2 is 2.03 bits per heavy atom. The molecule has 31 heavy (non-hydrogen) atoms. The van der Waals surface area contributed by atoms with Crippen LogP contribution in [0.5, 0.6) is 0 Å². The number of aromatic amines is 1. The lowest BCUT2D eigenvalue weighted by atomic mass is 9.84. The summed E-state index contributed by atoms with van der Waals surface area (Å²) in [7, 11) is 0. The number of rotatable bonds is 6. The number of nitrogens with zero attached hydrogens (tertiary/aromatic N) is 2. The molecule has 1 saturated heterocycles. The molecule has 2 aromatic rings. The molecule has 1 fully saturated rings. The van der Waals surface area contributed by atoms with E-state index in [9.17, 15) is 13.2 Å². The van der Waals surface area contributed by atoms with Crippen molar-refractivity contribution in [2.45, 2.75) is 56.8 Å². The van der Waals surface area contributed by atoms with Crippen molar-refractivity contribution in [2.75, 3.05) is 18.4 Å². The van der Waals surface area contributed by atoms with Crippen LogP contribution in [0.25, 0.3) is 0 Å². The molecular formula is C21H26ClF3N6. The molecule has 6 nitrogen and oxygen atoms in total. The first-order chi connectivity index (χ1) is 14.8. The van der Waals surface area contributed by atoms with Crippen molar-refractivity contribution in [3.8, 4) is 0 Å². The van der Waals surface area contributed by atoms with Crippen LogP contribution in [0.4, 0.5) is 24.8 Å². The molecule has 0 bridgehead atoms. The second-order valence-corrected chi connectivity index (χ2v) is 8.57.